The van der Waals surface area contributed by atoms with Crippen molar-refractivity contribution >= 4 is 23.4 Å². The van der Waals surface area contributed by atoms with Crippen molar-refractivity contribution in [2.24, 2.45) is 0 Å². The molecule has 2 rings (SSSR count). The Balaban J connectivity index is 2.06. The number of carbonyl (C=O) groups excluding carboxylic acids is 1. The zero-order chi connectivity index (χ0) is 16.7. The number of para-hydroxylation sites is 3. The Morgan fingerprint density at radius 1 is 1.13 bits per heavy atom. The van der Waals surface area contributed by atoms with Crippen molar-refractivity contribution in [3.8, 4) is 11.5 Å². The van der Waals surface area contributed by atoms with Gasteiger partial charge in [0.25, 0.3) is 5.91 Å². The normalized spacial score (nSPS) is 11.6. The first-order valence-electron chi connectivity index (χ1n) is 7.48. The first kappa shape index (κ1) is 17.2. The van der Waals surface area contributed by atoms with Gasteiger partial charge in [0.1, 0.15) is 0 Å². The summed E-state index contributed by atoms with van der Waals surface area (Å²) >= 11 is 1.69. The maximum atomic E-state index is 12.4. The Kier molecular flexibility index (Phi) is 6.35. The van der Waals surface area contributed by atoms with Gasteiger partial charge < -0.3 is 14.8 Å². The molecule has 0 heterocycles. The maximum absolute atomic E-state index is 12.4. The number of amides is 1. The molecule has 0 aliphatic rings. The summed E-state index contributed by atoms with van der Waals surface area (Å²) in [6.45, 7) is 3.80. The second kappa shape index (κ2) is 8.48. The Morgan fingerprint density at radius 3 is 2.48 bits per heavy atom. The Hall–Kier alpha value is -2.14. The monoisotopic (exact) mass is 331 g/mol. The number of hydrogen-bond acceptors (Lipinski definition) is 4. The van der Waals surface area contributed by atoms with Gasteiger partial charge in [-0.1, -0.05) is 31.2 Å². The molecule has 0 saturated heterocycles. The second-order valence-corrected chi connectivity index (χ2v) is 6.14. The fourth-order valence-electron chi connectivity index (χ4n) is 2.05. The molecule has 5 heteroatoms. The molecule has 2 aromatic rings. The number of anilines is 1. The lowest BCUT2D eigenvalue weighted by Crippen LogP contribution is -2.30. The van der Waals surface area contributed by atoms with Crippen LogP contribution in [0.1, 0.15) is 13.8 Å². The third-order valence-electron chi connectivity index (χ3n) is 3.19. The molecule has 1 atom stereocenters. The van der Waals surface area contributed by atoms with Crippen LogP contribution in [0.4, 0.5) is 5.69 Å². The molecule has 1 N–H and O–H groups in total. The van der Waals surface area contributed by atoms with Crippen molar-refractivity contribution in [1.82, 2.24) is 0 Å². The lowest BCUT2D eigenvalue weighted by atomic mass is 10.3. The zero-order valence-electron chi connectivity index (χ0n) is 13.5. The van der Waals surface area contributed by atoms with E-state index >= 15 is 0 Å². The molecule has 0 bridgehead atoms. The molecule has 122 valence electrons. The van der Waals surface area contributed by atoms with Crippen molar-refractivity contribution in [3.63, 3.8) is 0 Å². The summed E-state index contributed by atoms with van der Waals surface area (Å²) in [6, 6.07) is 15.0. The van der Waals surface area contributed by atoms with E-state index in [9.17, 15) is 4.79 Å². The van der Waals surface area contributed by atoms with Gasteiger partial charge in [-0.2, -0.15) is 0 Å². The fourth-order valence-corrected chi connectivity index (χ4v) is 2.81. The van der Waals surface area contributed by atoms with Gasteiger partial charge in [-0.15, -0.1) is 11.8 Å². The molecule has 0 aliphatic carbocycles. The van der Waals surface area contributed by atoms with E-state index in [0.717, 1.165) is 16.3 Å². The first-order valence-corrected chi connectivity index (χ1v) is 8.46. The number of carbonyl (C=O) groups is 1. The standard InChI is InChI=1S/C18H21NO3S/c1-4-23-17-12-8-5-9-14(17)19-18(20)13(2)22-16-11-7-6-10-15(16)21-3/h5-13H,4H2,1-3H3,(H,19,20)/t13-/m0/s1. The van der Waals surface area contributed by atoms with Crippen molar-refractivity contribution in [3.05, 3.63) is 48.5 Å². The molecule has 0 radical (unpaired) electrons. The van der Waals surface area contributed by atoms with Gasteiger partial charge >= 0.3 is 0 Å². The third kappa shape index (κ3) is 4.66. The van der Waals surface area contributed by atoms with E-state index in [4.69, 9.17) is 9.47 Å². The SMILES string of the molecule is CCSc1ccccc1NC(=O)[C@H](C)Oc1ccccc1OC. The van der Waals surface area contributed by atoms with Crippen molar-refractivity contribution in [1.29, 1.82) is 0 Å². The number of ether oxygens (including phenoxy) is 2. The van der Waals surface area contributed by atoms with Crippen LogP contribution < -0.4 is 14.8 Å². The van der Waals surface area contributed by atoms with E-state index < -0.39 is 6.10 Å². The number of thioether (sulfide) groups is 1. The first-order chi connectivity index (χ1) is 11.2. The number of nitrogens with one attached hydrogen (secondary N) is 1. The molecule has 0 unspecified atom stereocenters. The minimum absolute atomic E-state index is 0.194. The number of methoxy groups -OCH3 is 1. The summed E-state index contributed by atoms with van der Waals surface area (Å²) in [5, 5.41) is 2.93. The molecule has 1 amide bonds. The van der Waals surface area contributed by atoms with Gasteiger partial charge in [0.2, 0.25) is 0 Å². The molecule has 0 aromatic heterocycles. The van der Waals surface area contributed by atoms with Gasteiger partial charge in [0, 0.05) is 4.90 Å². The molecule has 2 aromatic carbocycles. The largest absolute Gasteiger partial charge is 0.493 e. The minimum Gasteiger partial charge on any atom is -0.493 e. The summed E-state index contributed by atoms with van der Waals surface area (Å²) in [4.78, 5) is 13.4. The number of hydrogen-bond donors (Lipinski definition) is 1. The predicted octanol–water partition coefficient (Wildman–Crippen LogP) is 4.21. The second-order valence-electron chi connectivity index (χ2n) is 4.83. The van der Waals surface area contributed by atoms with Crippen LogP contribution in [0.3, 0.4) is 0 Å². The lowest BCUT2D eigenvalue weighted by Gasteiger charge is -2.17. The van der Waals surface area contributed by atoms with E-state index in [1.807, 2.05) is 36.4 Å². The molecule has 0 spiro atoms. The highest BCUT2D eigenvalue weighted by Gasteiger charge is 2.17. The van der Waals surface area contributed by atoms with Gasteiger partial charge in [-0.25, -0.2) is 0 Å². The van der Waals surface area contributed by atoms with Crippen LogP contribution in [0.2, 0.25) is 0 Å². The lowest BCUT2D eigenvalue weighted by molar-refractivity contribution is -0.122. The predicted molar refractivity (Wildman–Crippen MR) is 94.6 cm³/mol. The summed E-state index contributed by atoms with van der Waals surface area (Å²) in [6.07, 6.45) is -0.633. The highest BCUT2D eigenvalue weighted by molar-refractivity contribution is 7.99. The zero-order valence-corrected chi connectivity index (χ0v) is 14.4. The van der Waals surface area contributed by atoms with Gasteiger partial charge in [0.05, 0.1) is 12.8 Å². The topological polar surface area (TPSA) is 47.6 Å². The quantitative estimate of drug-likeness (QED) is 0.772. The Morgan fingerprint density at radius 2 is 1.78 bits per heavy atom. The summed E-state index contributed by atoms with van der Waals surface area (Å²) in [5.74, 6) is 1.91. The summed E-state index contributed by atoms with van der Waals surface area (Å²) in [5.41, 5.74) is 0.805. The fraction of sp³-hybridized carbons (Fsp3) is 0.278. The maximum Gasteiger partial charge on any atom is 0.265 e. The van der Waals surface area contributed by atoms with Crippen LogP contribution >= 0.6 is 11.8 Å². The number of rotatable bonds is 7. The van der Waals surface area contributed by atoms with Crippen molar-refractivity contribution in [2.45, 2.75) is 24.8 Å². The molecule has 0 saturated carbocycles. The van der Waals surface area contributed by atoms with Crippen molar-refractivity contribution in [2.75, 3.05) is 18.2 Å². The third-order valence-corrected chi connectivity index (χ3v) is 4.14. The molecule has 0 fully saturated rings. The van der Waals surface area contributed by atoms with E-state index in [1.54, 1.807) is 37.9 Å². The highest BCUT2D eigenvalue weighted by atomic mass is 32.2. The highest BCUT2D eigenvalue weighted by Crippen LogP contribution is 2.28. The van der Waals surface area contributed by atoms with Crippen LogP contribution in [0, 0.1) is 0 Å². The average Bonchev–Trinajstić information content (AvgIpc) is 2.57. The minimum atomic E-state index is -0.633. The summed E-state index contributed by atoms with van der Waals surface area (Å²) in [7, 11) is 1.57. The summed E-state index contributed by atoms with van der Waals surface area (Å²) < 4.78 is 11.0. The van der Waals surface area contributed by atoms with E-state index in [1.165, 1.54) is 0 Å². The van der Waals surface area contributed by atoms with Gasteiger partial charge in [-0.05, 0) is 36.9 Å². The van der Waals surface area contributed by atoms with Crippen LogP contribution in [0.5, 0.6) is 11.5 Å². The smallest absolute Gasteiger partial charge is 0.265 e. The van der Waals surface area contributed by atoms with E-state index in [2.05, 4.69) is 12.2 Å². The van der Waals surface area contributed by atoms with Crippen LogP contribution in [-0.4, -0.2) is 24.9 Å². The average molecular weight is 331 g/mol. The van der Waals surface area contributed by atoms with Crippen LogP contribution in [-0.2, 0) is 4.79 Å². The van der Waals surface area contributed by atoms with Crippen LogP contribution in [0.15, 0.2) is 53.4 Å². The van der Waals surface area contributed by atoms with Gasteiger partial charge in [0.15, 0.2) is 17.6 Å². The molecule has 23 heavy (non-hydrogen) atoms. The molecular formula is C18H21NO3S. The van der Waals surface area contributed by atoms with Crippen LogP contribution in [0.25, 0.3) is 0 Å². The Bertz CT molecular complexity index is 660. The molecule has 0 aliphatic heterocycles. The van der Waals surface area contributed by atoms with E-state index in [-0.39, 0.29) is 5.91 Å². The van der Waals surface area contributed by atoms with Crippen molar-refractivity contribution < 1.29 is 14.3 Å². The Labute approximate surface area is 141 Å². The van der Waals surface area contributed by atoms with Gasteiger partial charge in [-0.3, -0.25) is 4.79 Å². The van der Waals surface area contributed by atoms with E-state index in [0.29, 0.717) is 11.5 Å². The molecule has 4 nitrogen and oxygen atoms in total. The molecular weight excluding hydrogens is 310 g/mol. The number of benzene rings is 2.